The molecule has 25 heavy (non-hydrogen) atoms. The van der Waals surface area contributed by atoms with Crippen molar-refractivity contribution in [1.82, 2.24) is 9.97 Å². The summed E-state index contributed by atoms with van der Waals surface area (Å²) in [6.45, 7) is 0. The van der Waals surface area contributed by atoms with Crippen LogP contribution in [0, 0.1) is 10.1 Å². The van der Waals surface area contributed by atoms with E-state index in [0.29, 0.717) is 11.5 Å². The van der Waals surface area contributed by atoms with Gasteiger partial charge in [-0.05, 0) is 25.0 Å². The number of aromatic nitrogens is 2. The van der Waals surface area contributed by atoms with Crippen LogP contribution >= 0.6 is 0 Å². The van der Waals surface area contributed by atoms with Gasteiger partial charge in [0.15, 0.2) is 11.5 Å². The molecule has 0 unspecified atom stereocenters. The highest BCUT2D eigenvalue weighted by Crippen LogP contribution is 2.38. The Hall–Kier alpha value is -2.90. The fourth-order valence-corrected chi connectivity index (χ4v) is 2.96. The molecule has 132 valence electrons. The van der Waals surface area contributed by atoms with Crippen molar-refractivity contribution in [1.29, 1.82) is 0 Å². The van der Waals surface area contributed by atoms with Crippen LogP contribution in [-0.2, 0) is 0 Å². The van der Waals surface area contributed by atoms with Gasteiger partial charge in [-0.3, -0.25) is 10.1 Å². The second kappa shape index (κ2) is 7.78. The monoisotopic (exact) mass is 344 g/mol. The van der Waals surface area contributed by atoms with Crippen molar-refractivity contribution in [3.8, 4) is 17.4 Å². The number of methoxy groups -OCH3 is 1. The summed E-state index contributed by atoms with van der Waals surface area (Å²) >= 11 is 0. The van der Waals surface area contributed by atoms with Crippen molar-refractivity contribution in [3.63, 3.8) is 0 Å². The van der Waals surface area contributed by atoms with E-state index in [1.54, 1.807) is 24.3 Å². The maximum atomic E-state index is 11.6. The van der Waals surface area contributed by atoms with Crippen LogP contribution in [0.4, 0.5) is 11.5 Å². The average molecular weight is 344 g/mol. The molecule has 0 atom stereocenters. The number of benzene rings is 1. The molecule has 0 bridgehead atoms. The Morgan fingerprint density at radius 1 is 1.16 bits per heavy atom. The van der Waals surface area contributed by atoms with Gasteiger partial charge < -0.3 is 14.8 Å². The lowest BCUT2D eigenvalue weighted by atomic mass is 9.95. The molecule has 8 nitrogen and oxygen atoms in total. The summed E-state index contributed by atoms with van der Waals surface area (Å²) in [5, 5.41) is 14.8. The van der Waals surface area contributed by atoms with Gasteiger partial charge in [0.25, 0.3) is 0 Å². The Kier molecular flexibility index (Phi) is 5.27. The van der Waals surface area contributed by atoms with Gasteiger partial charge in [0.05, 0.1) is 12.0 Å². The van der Waals surface area contributed by atoms with Crippen LogP contribution in [0.1, 0.15) is 32.1 Å². The second-order valence-corrected chi connectivity index (χ2v) is 5.87. The molecule has 0 aliphatic heterocycles. The second-order valence-electron chi connectivity index (χ2n) is 5.87. The highest BCUT2D eigenvalue weighted by molar-refractivity contribution is 5.62. The number of nitrogens with zero attached hydrogens (tertiary/aromatic N) is 3. The Bertz CT molecular complexity index is 747. The summed E-state index contributed by atoms with van der Waals surface area (Å²) < 4.78 is 10.9. The van der Waals surface area contributed by atoms with Gasteiger partial charge in [-0.25, -0.2) is 4.98 Å². The Balaban J connectivity index is 1.90. The molecule has 1 aliphatic rings. The van der Waals surface area contributed by atoms with Gasteiger partial charge in [0.1, 0.15) is 6.33 Å². The van der Waals surface area contributed by atoms with Crippen LogP contribution in [-0.4, -0.2) is 28.0 Å². The minimum absolute atomic E-state index is 0.109. The zero-order valence-electron chi connectivity index (χ0n) is 14.0. The van der Waals surface area contributed by atoms with Gasteiger partial charge in [-0.15, -0.1) is 0 Å². The smallest absolute Gasteiger partial charge is 0.373 e. The van der Waals surface area contributed by atoms with Gasteiger partial charge in [0.2, 0.25) is 5.82 Å². The molecule has 1 aliphatic carbocycles. The lowest BCUT2D eigenvalue weighted by molar-refractivity contribution is -0.385. The van der Waals surface area contributed by atoms with Gasteiger partial charge in [0, 0.05) is 6.04 Å². The maximum Gasteiger partial charge on any atom is 0.373 e. The van der Waals surface area contributed by atoms with E-state index in [9.17, 15) is 10.1 Å². The van der Waals surface area contributed by atoms with E-state index in [0.717, 1.165) is 25.7 Å². The third-order valence-electron chi connectivity index (χ3n) is 4.19. The fourth-order valence-electron chi connectivity index (χ4n) is 2.96. The highest BCUT2D eigenvalue weighted by Gasteiger charge is 2.27. The Morgan fingerprint density at radius 3 is 2.56 bits per heavy atom. The minimum atomic E-state index is -0.518. The summed E-state index contributed by atoms with van der Waals surface area (Å²) in [6, 6.07) is 7.10. The molecule has 1 aromatic carbocycles. The van der Waals surface area contributed by atoms with Gasteiger partial charge >= 0.3 is 11.6 Å². The number of nitro groups is 1. The maximum absolute atomic E-state index is 11.6. The summed E-state index contributed by atoms with van der Waals surface area (Å²) in [7, 11) is 1.51. The Labute approximate surface area is 145 Å². The summed E-state index contributed by atoms with van der Waals surface area (Å²) in [6.07, 6.45) is 6.64. The van der Waals surface area contributed by atoms with E-state index in [1.807, 2.05) is 0 Å². The quantitative estimate of drug-likeness (QED) is 0.626. The number of para-hydroxylation sites is 2. The molecule has 8 heteroatoms. The van der Waals surface area contributed by atoms with Crippen LogP contribution in [0.25, 0.3) is 0 Å². The summed E-state index contributed by atoms with van der Waals surface area (Å²) in [5.74, 6) is 0.909. The fraction of sp³-hybridized carbons (Fsp3) is 0.412. The van der Waals surface area contributed by atoms with Crippen molar-refractivity contribution >= 4 is 11.5 Å². The van der Waals surface area contributed by atoms with Crippen LogP contribution < -0.4 is 14.8 Å². The lowest BCUT2D eigenvalue weighted by Gasteiger charge is -2.23. The lowest BCUT2D eigenvalue weighted by Crippen LogP contribution is -2.23. The molecular weight excluding hydrogens is 324 g/mol. The van der Waals surface area contributed by atoms with E-state index in [-0.39, 0.29) is 23.4 Å². The van der Waals surface area contributed by atoms with E-state index in [1.165, 1.54) is 19.9 Å². The normalized spacial score (nSPS) is 14.8. The van der Waals surface area contributed by atoms with Crippen LogP contribution in [0.5, 0.6) is 17.4 Å². The van der Waals surface area contributed by atoms with Crippen molar-refractivity contribution in [2.24, 2.45) is 0 Å². The van der Waals surface area contributed by atoms with E-state index in [2.05, 4.69) is 15.3 Å². The largest absolute Gasteiger partial charge is 0.493 e. The van der Waals surface area contributed by atoms with Crippen LogP contribution in [0.2, 0.25) is 0 Å². The molecule has 0 amide bonds. The molecule has 0 saturated heterocycles. The molecule has 3 rings (SSSR count). The third kappa shape index (κ3) is 3.96. The van der Waals surface area contributed by atoms with E-state index in [4.69, 9.17) is 9.47 Å². The van der Waals surface area contributed by atoms with Gasteiger partial charge in [-0.1, -0.05) is 31.4 Å². The third-order valence-corrected chi connectivity index (χ3v) is 4.19. The zero-order valence-corrected chi connectivity index (χ0v) is 14.0. The molecule has 2 aromatic rings. The summed E-state index contributed by atoms with van der Waals surface area (Å²) in [4.78, 5) is 19.1. The predicted molar refractivity (Wildman–Crippen MR) is 92.3 cm³/mol. The van der Waals surface area contributed by atoms with Crippen molar-refractivity contribution in [3.05, 3.63) is 40.7 Å². The average Bonchev–Trinajstić information content (AvgIpc) is 2.63. The van der Waals surface area contributed by atoms with Crippen molar-refractivity contribution < 1.29 is 14.4 Å². The van der Waals surface area contributed by atoms with E-state index < -0.39 is 4.92 Å². The molecular formula is C17H20N4O4. The van der Waals surface area contributed by atoms with Crippen LogP contribution in [0.3, 0.4) is 0 Å². The highest BCUT2D eigenvalue weighted by atomic mass is 16.6. The van der Waals surface area contributed by atoms with Crippen molar-refractivity contribution in [2.75, 3.05) is 12.4 Å². The summed E-state index contributed by atoms with van der Waals surface area (Å²) in [5.41, 5.74) is -0.265. The molecule has 1 heterocycles. The first-order valence-electron chi connectivity index (χ1n) is 8.26. The first-order chi connectivity index (χ1) is 12.2. The van der Waals surface area contributed by atoms with Crippen molar-refractivity contribution in [2.45, 2.75) is 38.1 Å². The zero-order chi connectivity index (χ0) is 17.6. The molecule has 1 N–H and O–H groups in total. The number of nitrogens with one attached hydrogen (secondary N) is 1. The number of rotatable bonds is 6. The molecule has 1 aromatic heterocycles. The first kappa shape index (κ1) is 16.9. The molecule has 0 radical (unpaired) electrons. The van der Waals surface area contributed by atoms with Crippen LogP contribution in [0.15, 0.2) is 30.6 Å². The number of hydrogen-bond acceptors (Lipinski definition) is 7. The molecule has 1 fully saturated rings. The Morgan fingerprint density at radius 2 is 1.88 bits per heavy atom. The topological polar surface area (TPSA) is 99.4 Å². The molecule has 1 saturated carbocycles. The molecule has 0 spiro atoms. The number of hydrogen-bond donors (Lipinski definition) is 1. The standard InChI is InChI=1S/C17H20N4O4/c1-24-13-9-5-6-10-14(13)25-17-15(21(22)23)16(18-11-19-17)20-12-7-3-2-4-8-12/h5-6,9-12H,2-4,7-8H2,1H3,(H,18,19,20). The predicted octanol–water partition coefficient (Wildman–Crippen LogP) is 3.93. The number of ether oxygens (including phenoxy) is 2. The number of anilines is 1. The van der Waals surface area contributed by atoms with E-state index >= 15 is 0 Å². The SMILES string of the molecule is COc1ccccc1Oc1ncnc(NC2CCCCC2)c1[N+](=O)[O-]. The van der Waals surface area contributed by atoms with Gasteiger partial charge in [-0.2, -0.15) is 4.98 Å². The first-order valence-corrected chi connectivity index (χ1v) is 8.26. The minimum Gasteiger partial charge on any atom is -0.493 e.